The summed E-state index contributed by atoms with van der Waals surface area (Å²) in [5.74, 6) is 1.70. The average molecular weight is 241 g/mol. The maximum Gasteiger partial charge on any atom is 0.144 e. The normalized spacial score (nSPS) is 14.3. The van der Waals surface area contributed by atoms with Gasteiger partial charge in [-0.25, -0.2) is 4.98 Å². The van der Waals surface area contributed by atoms with Crippen LogP contribution in [0.15, 0.2) is 36.7 Å². The van der Waals surface area contributed by atoms with Gasteiger partial charge >= 0.3 is 0 Å². The summed E-state index contributed by atoms with van der Waals surface area (Å²) in [4.78, 5) is 8.61. The summed E-state index contributed by atoms with van der Waals surface area (Å²) in [7, 11) is 1.83. The van der Waals surface area contributed by atoms with Gasteiger partial charge in [-0.1, -0.05) is 0 Å². The second-order valence-electron chi connectivity index (χ2n) is 4.38. The Bertz CT molecular complexity index is 535. The molecule has 3 rings (SSSR count). The lowest BCUT2D eigenvalue weighted by Crippen LogP contribution is -1.96. The third-order valence-electron chi connectivity index (χ3n) is 2.87. The van der Waals surface area contributed by atoms with Crippen LogP contribution in [-0.4, -0.2) is 23.1 Å². The maximum atomic E-state index is 5.71. The highest BCUT2D eigenvalue weighted by Gasteiger charge is 2.23. The number of hydrogen-bond acceptors (Lipinski definition) is 4. The van der Waals surface area contributed by atoms with E-state index in [0.717, 1.165) is 22.8 Å². The van der Waals surface area contributed by atoms with Gasteiger partial charge in [0.15, 0.2) is 0 Å². The maximum absolute atomic E-state index is 5.71. The molecule has 0 saturated heterocycles. The van der Waals surface area contributed by atoms with Gasteiger partial charge in [-0.3, -0.25) is 4.98 Å². The Morgan fingerprint density at radius 1 is 1.17 bits per heavy atom. The minimum absolute atomic E-state index is 0.434. The van der Waals surface area contributed by atoms with Crippen LogP contribution in [0, 0.1) is 0 Å². The Morgan fingerprint density at radius 3 is 2.61 bits per heavy atom. The molecule has 0 aliphatic heterocycles. The van der Waals surface area contributed by atoms with Gasteiger partial charge in [-0.2, -0.15) is 0 Å². The van der Waals surface area contributed by atoms with Gasteiger partial charge in [0.1, 0.15) is 11.6 Å². The number of nitrogens with one attached hydrogen (secondary N) is 1. The van der Waals surface area contributed by atoms with E-state index in [9.17, 15) is 0 Å². The van der Waals surface area contributed by atoms with Gasteiger partial charge in [-0.15, -0.1) is 0 Å². The summed E-state index contributed by atoms with van der Waals surface area (Å²) in [5.41, 5.74) is 1.91. The second kappa shape index (κ2) is 4.64. The summed E-state index contributed by atoms with van der Waals surface area (Å²) in [6.45, 7) is 0. The minimum Gasteiger partial charge on any atom is -0.490 e. The molecule has 1 aliphatic rings. The molecular formula is C14H15N3O. The Morgan fingerprint density at radius 2 is 1.94 bits per heavy atom. The minimum atomic E-state index is 0.434. The van der Waals surface area contributed by atoms with Gasteiger partial charge in [0, 0.05) is 12.6 Å². The summed E-state index contributed by atoms with van der Waals surface area (Å²) >= 11 is 0. The quantitative estimate of drug-likeness (QED) is 0.894. The Labute approximate surface area is 106 Å². The Hall–Kier alpha value is -2.10. The molecule has 1 aromatic carbocycles. The third kappa shape index (κ3) is 2.42. The van der Waals surface area contributed by atoms with E-state index in [1.165, 1.54) is 12.8 Å². The van der Waals surface area contributed by atoms with E-state index in [2.05, 4.69) is 15.3 Å². The molecule has 92 valence electrons. The molecule has 1 N–H and O–H groups in total. The molecule has 4 heteroatoms. The van der Waals surface area contributed by atoms with E-state index in [-0.39, 0.29) is 0 Å². The summed E-state index contributed by atoms with van der Waals surface area (Å²) in [5, 5.41) is 2.98. The van der Waals surface area contributed by atoms with Gasteiger partial charge in [0.2, 0.25) is 0 Å². The van der Waals surface area contributed by atoms with Crippen molar-refractivity contribution in [3.05, 3.63) is 36.7 Å². The summed E-state index contributed by atoms with van der Waals surface area (Å²) in [6.07, 6.45) is 6.25. The van der Waals surface area contributed by atoms with Crippen LogP contribution in [0.4, 0.5) is 5.82 Å². The number of anilines is 1. The predicted molar refractivity (Wildman–Crippen MR) is 70.7 cm³/mol. The highest BCUT2D eigenvalue weighted by atomic mass is 16.5. The predicted octanol–water partition coefficient (Wildman–Crippen LogP) is 2.73. The zero-order chi connectivity index (χ0) is 12.4. The first kappa shape index (κ1) is 11.0. The third-order valence-corrected chi connectivity index (χ3v) is 2.87. The fourth-order valence-corrected chi connectivity index (χ4v) is 1.71. The Kier molecular flexibility index (Phi) is 2.84. The molecule has 0 spiro atoms. The van der Waals surface area contributed by atoms with Crippen molar-refractivity contribution in [1.29, 1.82) is 0 Å². The van der Waals surface area contributed by atoms with Gasteiger partial charge in [-0.05, 0) is 37.1 Å². The topological polar surface area (TPSA) is 47.0 Å². The van der Waals surface area contributed by atoms with Crippen molar-refractivity contribution in [2.24, 2.45) is 0 Å². The largest absolute Gasteiger partial charge is 0.490 e. The van der Waals surface area contributed by atoms with E-state index in [4.69, 9.17) is 4.74 Å². The number of aromatic nitrogens is 2. The lowest BCUT2D eigenvalue weighted by Gasteiger charge is -2.06. The second-order valence-corrected chi connectivity index (χ2v) is 4.38. The van der Waals surface area contributed by atoms with Gasteiger partial charge in [0.05, 0.1) is 24.2 Å². The fourth-order valence-electron chi connectivity index (χ4n) is 1.71. The van der Waals surface area contributed by atoms with E-state index in [1.807, 2.05) is 31.3 Å². The van der Waals surface area contributed by atoms with E-state index < -0.39 is 0 Å². The smallest absolute Gasteiger partial charge is 0.144 e. The molecule has 0 amide bonds. The molecule has 18 heavy (non-hydrogen) atoms. The molecule has 4 nitrogen and oxygen atoms in total. The molecule has 1 saturated carbocycles. The first-order valence-corrected chi connectivity index (χ1v) is 6.12. The van der Waals surface area contributed by atoms with Crippen LogP contribution in [0.3, 0.4) is 0 Å². The SMILES string of the molecule is CNc1cncc(-c2ccc(OC3CC3)cc2)n1. The van der Waals surface area contributed by atoms with E-state index >= 15 is 0 Å². The molecule has 2 aromatic rings. The van der Waals surface area contributed by atoms with Crippen molar-refractivity contribution < 1.29 is 4.74 Å². The van der Waals surface area contributed by atoms with Crippen molar-refractivity contribution >= 4 is 5.82 Å². The van der Waals surface area contributed by atoms with Crippen molar-refractivity contribution in [1.82, 2.24) is 9.97 Å². The Balaban J connectivity index is 1.81. The number of ether oxygens (including phenoxy) is 1. The van der Waals surface area contributed by atoms with E-state index in [0.29, 0.717) is 6.10 Å². The first-order valence-electron chi connectivity index (χ1n) is 6.12. The van der Waals surface area contributed by atoms with Crippen molar-refractivity contribution in [2.45, 2.75) is 18.9 Å². The molecule has 1 aliphatic carbocycles. The van der Waals surface area contributed by atoms with E-state index in [1.54, 1.807) is 12.4 Å². The monoisotopic (exact) mass is 241 g/mol. The van der Waals surface area contributed by atoms with Crippen molar-refractivity contribution in [3.8, 4) is 17.0 Å². The van der Waals surface area contributed by atoms with Crippen LogP contribution in [0.25, 0.3) is 11.3 Å². The van der Waals surface area contributed by atoms with Gasteiger partial charge < -0.3 is 10.1 Å². The molecule has 0 bridgehead atoms. The van der Waals surface area contributed by atoms with Crippen LogP contribution in [0.5, 0.6) is 5.75 Å². The van der Waals surface area contributed by atoms with Crippen LogP contribution >= 0.6 is 0 Å². The number of benzene rings is 1. The molecule has 1 fully saturated rings. The molecule has 1 aromatic heterocycles. The molecular weight excluding hydrogens is 226 g/mol. The van der Waals surface area contributed by atoms with Crippen LogP contribution < -0.4 is 10.1 Å². The van der Waals surface area contributed by atoms with Gasteiger partial charge in [0.25, 0.3) is 0 Å². The first-order chi connectivity index (χ1) is 8.85. The molecule has 0 radical (unpaired) electrons. The standard InChI is InChI=1S/C14H15N3O/c1-15-14-9-16-8-13(17-14)10-2-4-11(5-3-10)18-12-6-7-12/h2-5,8-9,12H,6-7H2,1H3,(H,15,17). The van der Waals surface area contributed by atoms with Crippen LogP contribution in [0.2, 0.25) is 0 Å². The summed E-state index contributed by atoms with van der Waals surface area (Å²) in [6, 6.07) is 8.01. The zero-order valence-corrected chi connectivity index (χ0v) is 10.3. The molecule has 0 atom stereocenters. The molecule has 0 unspecified atom stereocenters. The number of nitrogens with zero attached hydrogens (tertiary/aromatic N) is 2. The van der Waals surface area contributed by atoms with Crippen molar-refractivity contribution in [3.63, 3.8) is 0 Å². The number of hydrogen-bond donors (Lipinski definition) is 1. The summed E-state index contributed by atoms with van der Waals surface area (Å²) < 4.78 is 5.71. The average Bonchev–Trinajstić information content (AvgIpc) is 3.24. The lowest BCUT2D eigenvalue weighted by molar-refractivity contribution is 0.303. The van der Waals surface area contributed by atoms with Crippen LogP contribution in [-0.2, 0) is 0 Å². The number of rotatable bonds is 4. The van der Waals surface area contributed by atoms with Crippen LogP contribution in [0.1, 0.15) is 12.8 Å². The lowest BCUT2D eigenvalue weighted by atomic mass is 10.1. The zero-order valence-electron chi connectivity index (χ0n) is 10.3. The highest BCUT2D eigenvalue weighted by molar-refractivity contribution is 5.60. The molecule has 1 heterocycles. The highest BCUT2D eigenvalue weighted by Crippen LogP contribution is 2.28. The van der Waals surface area contributed by atoms with Crippen molar-refractivity contribution in [2.75, 3.05) is 12.4 Å². The fraction of sp³-hybridized carbons (Fsp3) is 0.286.